The van der Waals surface area contributed by atoms with Gasteiger partial charge in [0.1, 0.15) is 0 Å². The molecule has 0 bridgehead atoms. The molecule has 8 heteroatoms. The highest BCUT2D eigenvalue weighted by Gasteiger charge is 2.18. The predicted octanol–water partition coefficient (Wildman–Crippen LogP) is 2.78. The number of ether oxygens (including phenoxy) is 2. The van der Waals surface area contributed by atoms with Gasteiger partial charge in [0, 0.05) is 39.2 Å². The number of hydrogen-bond donors (Lipinski definition) is 0. The molecule has 1 aliphatic rings. The van der Waals surface area contributed by atoms with Crippen LogP contribution in [0, 0.1) is 0 Å². The Kier molecular flexibility index (Phi) is 7.57. The van der Waals surface area contributed by atoms with E-state index in [1.807, 2.05) is 0 Å². The molecule has 1 saturated heterocycles. The van der Waals surface area contributed by atoms with Crippen molar-refractivity contribution in [1.29, 1.82) is 0 Å². The quantitative estimate of drug-likeness (QED) is 0.710. The Morgan fingerprint density at radius 2 is 1.85 bits per heavy atom. The van der Waals surface area contributed by atoms with Crippen molar-refractivity contribution < 1.29 is 27.8 Å². The van der Waals surface area contributed by atoms with Crippen molar-refractivity contribution in [3.05, 3.63) is 29.8 Å². The van der Waals surface area contributed by atoms with Crippen LogP contribution in [0.2, 0.25) is 0 Å². The van der Waals surface area contributed by atoms with Crippen LogP contribution >= 0.6 is 0 Å². The Morgan fingerprint density at radius 1 is 1.15 bits per heavy atom. The van der Waals surface area contributed by atoms with Gasteiger partial charge in [-0.05, 0) is 37.1 Å². The van der Waals surface area contributed by atoms with Crippen molar-refractivity contribution in [3.63, 3.8) is 0 Å². The zero-order valence-electron chi connectivity index (χ0n) is 15.5. The number of hydrogen-bond acceptors (Lipinski definition) is 4. The van der Waals surface area contributed by atoms with Gasteiger partial charge in [0.15, 0.2) is 11.5 Å². The lowest BCUT2D eigenvalue weighted by molar-refractivity contribution is -0.130. The topological polar surface area (TPSA) is 59.1 Å². The first-order chi connectivity index (χ1) is 12.9. The van der Waals surface area contributed by atoms with Crippen LogP contribution in [0.5, 0.6) is 11.5 Å². The molecule has 148 valence electrons. The molecule has 1 aromatic rings. The molecule has 6 nitrogen and oxygen atoms in total. The maximum Gasteiger partial charge on any atom is 0.387 e. The van der Waals surface area contributed by atoms with Gasteiger partial charge in [-0.3, -0.25) is 9.59 Å². The molecule has 0 aliphatic carbocycles. The number of halogens is 2. The van der Waals surface area contributed by atoms with Crippen molar-refractivity contribution in [2.45, 2.75) is 26.9 Å². The molecule has 27 heavy (non-hydrogen) atoms. The van der Waals surface area contributed by atoms with E-state index in [0.29, 0.717) is 38.3 Å². The summed E-state index contributed by atoms with van der Waals surface area (Å²) in [5, 5.41) is 0. The lowest BCUT2D eigenvalue weighted by Crippen LogP contribution is -2.35. The minimum atomic E-state index is -2.94. The van der Waals surface area contributed by atoms with Crippen LogP contribution in [0.25, 0.3) is 6.08 Å². The fraction of sp³-hybridized carbons (Fsp3) is 0.474. The van der Waals surface area contributed by atoms with Crippen LogP contribution in [0.3, 0.4) is 0 Å². The molecule has 2 rings (SSSR count). The van der Waals surface area contributed by atoms with Crippen molar-refractivity contribution in [3.8, 4) is 11.5 Å². The molecule has 0 aromatic heterocycles. The van der Waals surface area contributed by atoms with Gasteiger partial charge in [0.05, 0.1) is 6.61 Å². The Labute approximate surface area is 157 Å². The first-order valence-corrected chi connectivity index (χ1v) is 8.85. The number of carbonyl (C=O) groups excluding carboxylic acids is 2. The van der Waals surface area contributed by atoms with Gasteiger partial charge in [-0.1, -0.05) is 6.07 Å². The third-order valence-corrected chi connectivity index (χ3v) is 4.15. The van der Waals surface area contributed by atoms with E-state index in [4.69, 9.17) is 4.74 Å². The normalized spacial score (nSPS) is 15.1. The summed E-state index contributed by atoms with van der Waals surface area (Å²) in [5.74, 6) is -0.00731. The Bertz CT molecular complexity index is 694. The van der Waals surface area contributed by atoms with Gasteiger partial charge < -0.3 is 19.3 Å². The van der Waals surface area contributed by atoms with E-state index in [9.17, 15) is 18.4 Å². The summed E-state index contributed by atoms with van der Waals surface area (Å²) in [4.78, 5) is 27.3. The van der Waals surface area contributed by atoms with E-state index < -0.39 is 6.61 Å². The van der Waals surface area contributed by atoms with Crippen LogP contribution < -0.4 is 9.47 Å². The molecule has 0 unspecified atom stereocenters. The fourth-order valence-electron chi connectivity index (χ4n) is 2.82. The number of carbonyl (C=O) groups is 2. The number of benzene rings is 1. The molecule has 0 radical (unpaired) electrons. The smallest absolute Gasteiger partial charge is 0.387 e. The molecule has 1 fully saturated rings. The highest BCUT2D eigenvalue weighted by atomic mass is 19.3. The minimum absolute atomic E-state index is 0.00870. The molecule has 1 aliphatic heterocycles. The second kappa shape index (κ2) is 9.89. The van der Waals surface area contributed by atoms with E-state index in [2.05, 4.69) is 4.74 Å². The van der Waals surface area contributed by atoms with Crippen LogP contribution in [0.1, 0.15) is 25.8 Å². The van der Waals surface area contributed by atoms with Gasteiger partial charge in [0.2, 0.25) is 11.8 Å². The molecule has 0 saturated carbocycles. The summed E-state index contributed by atoms with van der Waals surface area (Å²) in [6.45, 7) is 2.84. The first kappa shape index (κ1) is 20.7. The summed E-state index contributed by atoms with van der Waals surface area (Å²) < 4.78 is 34.6. The third kappa shape index (κ3) is 6.23. The SMILES string of the molecule is CCOc1cc(/C=C/C(=O)N2CCCN(C(C)=O)CC2)ccc1OC(F)F. The number of amides is 2. The standard InChI is InChI=1S/C19H24F2N2O4/c1-3-26-17-13-15(5-7-16(17)27-19(20)21)6-8-18(25)23-10-4-9-22(11-12-23)14(2)24/h5-8,13,19H,3-4,9-12H2,1-2H3/b8-6+. The highest BCUT2D eigenvalue weighted by molar-refractivity contribution is 5.92. The van der Waals surface area contributed by atoms with Gasteiger partial charge in [-0.25, -0.2) is 0 Å². The Balaban J connectivity index is 2.04. The summed E-state index contributed by atoms with van der Waals surface area (Å²) in [6.07, 6.45) is 3.76. The van der Waals surface area contributed by atoms with Crippen LogP contribution in [0.4, 0.5) is 8.78 Å². The maximum atomic E-state index is 12.4. The van der Waals surface area contributed by atoms with Crippen molar-refractivity contribution in [2.75, 3.05) is 32.8 Å². The van der Waals surface area contributed by atoms with Crippen LogP contribution in [0.15, 0.2) is 24.3 Å². The number of nitrogens with zero attached hydrogens (tertiary/aromatic N) is 2. The van der Waals surface area contributed by atoms with Gasteiger partial charge in [0.25, 0.3) is 0 Å². The number of alkyl halides is 2. The molecule has 1 aromatic carbocycles. The van der Waals surface area contributed by atoms with E-state index in [-0.39, 0.29) is 23.3 Å². The summed E-state index contributed by atoms with van der Waals surface area (Å²) >= 11 is 0. The molecule has 1 heterocycles. The zero-order valence-corrected chi connectivity index (χ0v) is 15.5. The largest absolute Gasteiger partial charge is 0.490 e. The van der Waals surface area contributed by atoms with Gasteiger partial charge in [-0.15, -0.1) is 0 Å². The van der Waals surface area contributed by atoms with Crippen LogP contribution in [-0.2, 0) is 9.59 Å². The average molecular weight is 382 g/mol. The van der Waals surface area contributed by atoms with Crippen molar-refractivity contribution in [2.24, 2.45) is 0 Å². The van der Waals surface area contributed by atoms with Gasteiger partial charge >= 0.3 is 6.61 Å². The van der Waals surface area contributed by atoms with E-state index >= 15 is 0 Å². The van der Waals surface area contributed by atoms with Crippen LogP contribution in [-0.4, -0.2) is 61.0 Å². The Morgan fingerprint density at radius 3 is 2.52 bits per heavy atom. The number of rotatable bonds is 6. The van der Waals surface area contributed by atoms with Crippen molar-refractivity contribution in [1.82, 2.24) is 9.80 Å². The van der Waals surface area contributed by atoms with Crippen molar-refractivity contribution >= 4 is 17.9 Å². The molecule has 0 N–H and O–H groups in total. The van der Waals surface area contributed by atoms with E-state index in [1.165, 1.54) is 19.1 Å². The first-order valence-electron chi connectivity index (χ1n) is 8.85. The van der Waals surface area contributed by atoms with Gasteiger partial charge in [-0.2, -0.15) is 8.78 Å². The zero-order chi connectivity index (χ0) is 19.8. The molecule has 0 spiro atoms. The Hall–Kier alpha value is -2.64. The lowest BCUT2D eigenvalue weighted by atomic mass is 10.2. The average Bonchev–Trinajstić information content (AvgIpc) is 2.88. The van der Waals surface area contributed by atoms with E-state index in [1.54, 1.807) is 34.9 Å². The molecule has 0 atom stereocenters. The fourth-order valence-corrected chi connectivity index (χ4v) is 2.82. The highest BCUT2D eigenvalue weighted by Crippen LogP contribution is 2.30. The molecule has 2 amide bonds. The molecular formula is C19H24F2N2O4. The third-order valence-electron chi connectivity index (χ3n) is 4.15. The summed E-state index contributed by atoms with van der Waals surface area (Å²) in [6, 6.07) is 4.51. The monoisotopic (exact) mass is 382 g/mol. The lowest BCUT2D eigenvalue weighted by Gasteiger charge is -2.20. The second-order valence-corrected chi connectivity index (χ2v) is 6.04. The maximum absolute atomic E-state index is 12.4. The second-order valence-electron chi connectivity index (χ2n) is 6.04. The summed E-state index contributed by atoms with van der Waals surface area (Å²) in [7, 11) is 0. The van der Waals surface area contributed by atoms with E-state index in [0.717, 1.165) is 6.42 Å². The summed E-state index contributed by atoms with van der Waals surface area (Å²) in [5.41, 5.74) is 0.633. The minimum Gasteiger partial charge on any atom is -0.490 e. The molecular weight excluding hydrogens is 358 g/mol. The predicted molar refractivity (Wildman–Crippen MR) is 96.7 cm³/mol.